The maximum Gasteiger partial charge on any atom is 0.250 e. The van der Waals surface area contributed by atoms with E-state index in [1.165, 1.54) is 14.0 Å². The molecule has 1 N–H and O–H groups in total. The van der Waals surface area contributed by atoms with Gasteiger partial charge in [0, 0.05) is 20.6 Å². The Kier molecular flexibility index (Phi) is 11.4. The number of rotatable bonds is 12. The normalized spacial score (nSPS) is 13.4. The van der Waals surface area contributed by atoms with Crippen LogP contribution in [0.3, 0.4) is 0 Å². The highest BCUT2D eigenvalue weighted by molar-refractivity contribution is 7.59. The first-order valence-corrected chi connectivity index (χ1v) is 8.42. The van der Waals surface area contributed by atoms with E-state index in [0.29, 0.717) is 6.61 Å². The second-order valence-electron chi connectivity index (χ2n) is 4.24. The third-order valence-electron chi connectivity index (χ3n) is 2.50. The summed E-state index contributed by atoms with van der Waals surface area (Å²) in [5, 5.41) is 2.76. The van der Waals surface area contributed by atoms with E-state index in [1.54, 1.807) is 0 Å². The number of hydrogen-bond acceptors (Lipinski definition) is 4. The molecule has 1 amide bonds. The van der Waals surface area contributed by atoms with Gasteiger partial charge >= 0.3 is 0 Å². The molecule has 0 saturated heterocycles. The van der Waals surface area contributed by atoms with Crippen molar-refractivity contribution in [2.45, 2.75) is 32.6 Å². The van der Waals surface area contributed by atoms with E-state index >= 15 is 0 Å². The van der Waals surface area contributed by atoms with Crippen molar-refractivity contribution in [3.05, 3.63) is 11.4 Å². The molecule has 1 unspecified atom stereocenters. The summed E-state index contributed by atoms with van der Waals surface area (Å²) in [4.78, 5) is 13.8. The zero-order chi connectivity index (χ0) is 15.3. The predicted octanol–water partition coefficient (Wildman–Crippen LogP) is 2.48. The van der Waals surface area contributed by atoms with Gasteiger partial charge in [0.1, 0.15) is 6.61 Å². The summed E-state index contributed by atoms with van der Waals surface area (Å²) in [7, 11) is -0.999. The molecule has 0 aromatic rings. The van der Waals surface area contributed by atoms with E-state index in [2.05, 4.69) is 16.5 Å². The van der Waals surface area contributed by atoms with Crippen LogP contribution in [0.5, 0.6) is 0 Å². The predicted molar refractivity (Wildman–Crippen MR) is 81.6 cm³/mol. The van der Waals surface area contributed by atoms with Gasteiger partial charge in [0.05, 0.1) is 6.61 Å². The summed E-state index contributed by atoms with van der Waals surface area (Å²) in [6, 6.07) is 0. The average Bonchev–Trinajstić information content (AvgIpc) is 2.42. The zero-order valence-electron chi connectivity index (χ0n) is 12.4. The number of nitrogens with zero attached hydrogens (tertiary/aromatic N) is 1. The Hall–Kier alpha value is -0.860. The van der Waals surface area contributed by atoms with Gasteiger partial charge in [-0.15, -0.1) is 0 Å². The van der Waals surface area contributed by atoms with Gasteiger partial charge in [0.25, 0.3) is 7.57 Å². The van der Waals surface area contributed by atoms with Gasteiger partial charge in [-0.3, -0.25) is 4.79 Å². The molecule has 0 heterocycles. The Labute approximate surface area is 121 Å². The van der Waals surface area contributed by atoms with Crippen molar-refractivity contribution in [2.75, 3.05) is 33.4 Å². The van der Waals surface area contributed by atoms with E-state index in [9.17, 15) is 4.79 Å². The largest absolute Gasteiger partial charge is 0.356 e. The summed E-state index contributed by atoms with van der Waals surface area (Å²) in [6.07, 6.45) is 7.74. The molecule has 0 spiro atoms. The zero-order valence-corrected chi connectivity index (χ0v) is 13.3. The molecule has 1 atom stereocenters. The summed E-state index contributed by atoms with van der Waals surface area (Å²) >= 11 is 0. The molecule has 7 heteroatoms. The Bertz CT molecular complexity index is 355. The molecule has 0 aromatic carbocycles. The molecule has 0 aliphatic heterocycles. The van der Waals surface area contributed by atoms with Crippen LogP contribution in [0.1, 0.15) is 32.6 Å². The number of carbonyl (C=O) groups excluding carboxylic acids is 1. The number of unbranched alkanes of at least 4 members (excludes halogenated alkanes) is 3. The van der Waals surface area contributed by atoms with E-state index in [4.69, 9.17) is 20.1 Å². The first-order valence-electron chi connectivity index (χ1n) is 6.70. The molecule has 0 bridgehead atoms. The summed E-state index contributed by atoms with van der Waals surface area (Å²) in [5.74, 6) is 0.0108. The third-order valence-corrected chi connectivity index (χ3v) is 4.21. The fraction of sp³-hybridized carbons (Fsp3) is 0.769. The highest BCUT2D eigenvalue weighted by atomic mass is 31.2. The van der Waals surface area contributed by atoms with Crippen LogP contribution < -0.4 is 5.32 Å². The maximum absolute atomic E-state index is 10.6. The van der Waals surface area contributed by atoms with Crippen molar-refractivity contribution in [1.82, 2.24) is 5.32 Å². The fourth-order valence-corrected chi connectivity index (χ4v) is 2.47. The summed E-state index contributed by atoms with van der Waals surface area (Å²) in [5.41, 5.74) is 0. The molecule has 0 rings (SSSR count). The van der Waals surface area contributed by atoms with Crippen LogP contribution >= 0.6 is 7.57 Å². The van der Waals surface area contributed by atoms with Crippen LogP contribution in [0, 0.1) is 6.57 Å². The van der Waals surface area contributed by atoms with Crippen LogP contribution in [-0.2, 0) is 18.4 Å². The molecular weight excluding hydrogens is 279 g/mol. The van der Waals surface area contributed by atoms with Crippen LogP contribution in [0.15, 0.2) is 0 Å². The lowest BCUT2D eigenvalue weighted by atomic mass is 10.2. The summed E-state index contributed by atoms with van der Waals surface area (Å²) < 4.78 is 16.1. The van der Waals surface area contributed by atoms with Crippen molar-refractivity contribution >= 4 is 19.8 Å². The van der Waals surface area contributed by atoms with E-state index < -0.39 is 7.57 Å². The van der Waals surface area contributed by atoms with Crippen molar-refractivity contribution in [2.24, 2.45) is 0 Å². The topological polar surface area (TPSA) is 61.1 Å². The third kappa shape index (κ3) is 11.0. The molecular formula is C13H25N2O4P. The molecule has 0 fully saturated rings. The molecule has 20 heavy (non-hydrogen) atoms. The Morgan fingerprint density at radius 3 is 2.50 bits per heavy atom. The van der Waals surface area contributed by atoms with Crippen LogP contribution in [0.2, 0.25) is 0 Å². The quantitative estimate of drug-likeness (QED) is 0.342. The van der Waals surface area contributed by atoms with Crippen LogP contribution in [0.25, 0.3) is 4.85 Å². The minimum absolute atomic E-state index is 0.0108. The molecule has 0 aromatic heterocycles. The number of amides is 1. The van der Waals surface area contributed by atoms with Gasteiger partial charge in [-0.25, -0.2) is 6.57 Å². The van der Waals surface area contributed by atoms with E-state index in [1.807, 2.05) is 0 Å². The van der Waals surface area contributed by atoms with Gasteiger partial charge in [0.2, 0.25) is 12.5 Å². The molecule has 116 valence electrons. The van der Waals surface area contributed by atoms with Crippen molar-refractivity contribution < 1.29 is 18.4 Å². The Morgan fingerprint density at radius 1 is 1.25 bits per heavy atom. The number of carbonyl (C=O) groups is 1. The lowest BCUT2D eigenvalue weighted by molar-refractivity contribution is -0.118. The highest BCUT2D eigenvalue weighted by Gasteiger charge is 2.15. The minimum atomic E-state index is -2.50. The van der Waals surface area contributed by atoms with E-state index in [-0.39, 0.29) is 19.1 Å². The minimum Gasteiger partial charge on any atom is -0.356 e. The number of nitrogens with one attached hydrogen (secondary N) is 1. The standard InChI is InChI=1S/C13H25N2O4P/c1-13(16)15-9-7-5-6-8-11-18-20(4,17-3)19-12-10-14-2/h4-12H2,1,3H3,(H,15,16). The molecule has 0 aliphatic rings. The Balaban J connectivity index is 3.58. The highest BCUT2D eigenvalue weighted by Crippen LogP contribution is 2.47. The molecule has 0 saturated carbocycles. The maximum atomic E-state index is 10.6. The fourth-order valence-electron chi connectivity index (χ4n) is 1.42. The van der Waals surface area contributed by atoms with Crippen molar-refractivity contribution in [1.29, 1.82) is 0 Å². The second kappa shape index (κ2) is 11.9. The summed E-state index contributed by atoms with van der Waals surface area (Å²) in [6.45, 7) is 10.0. The SMILES string of the molecule is [C-]#[N+]CCOP(=C)(OC)OCCCCCCNC(C)=O. The van der Waals surface area contributed by atoms with Gasteiger partial charge in [-0.2, -0.15) is 0 Å². The van der Waals surface area contributed by atoms with Crippen LogP contribution in [0.4, 0.5) is 0 Å². The second-order valence-corrected chi connectivity index (χ2v) is 6.34. The van der Waals surface area contributed by atoms with Crippen molar-refractivity contribution in [3.8, 4) is 0 Å². The van der Waals surface area contributed by atoms with Gasteiger partial charge in [0.15, 0.2) is 0 Å². The van der Waals surface area contributed by atoms with Crippen molar-refractivity contribution in [3.63, 3.8) is 0 Å². The molecule has 6 nitrogen and oxygen atoms in total. The van der Waals surface area contributed by atoms with Gasteiger partial charge < -0.3 is 23.7 Å². The Morgan fingerprint density at radius 2 is 1.90 bits per heavy atom. The average molecular weight is 304 g/mol. The molecule has 0 radical (unpaired) electrons. The molecule has 0 aliphatic carbocycles. The lowest BCUT2D eigenvalue weighted by Gasteiger charge is -2.21. The van der Waals surface area contributed by atoms with E-state index in [0.717, 1.165) is 32.2 Å². The van der Waals surface area contributed by atoms with Gasteiger partial charge in [-0.05, 0) is 19.1 Å². The van der Waals surface area contributed by atoms with Gasteiger partial charge in [-0.1, -0.05) is 12.8 Å². The number of hydrogen-bond donors (Lipinski definition) is 1. The first-order chi connectivity index (χ1) is 9.54. The van der Waals surface area contributed by atoms with Crippen LogP contribution in [-0.4, -0.2) is 45.6 Å². The monoisotopic (exact) mass is 304 g/mol. The first kappa shape index (κ1) is 19.1. The lowest BCUT2D eigenvalue weighted by Crippen LogP contribution is -2.20. The smallest absolute Gasteiger partial charge is 0.250 e.